The second-order valence-electron chi connectivity index (χ2n) is 7.46. The number of benzene rings is 1. The quantitative estimate of drug-likeness (QED) is 0.554. The molecule has 1 aliphatic carbocycles. The third-order valence-electron chi connectivity index (χ3n) is 5.13. The van der Waals surface area contributed by atoms with Crippen molar-refractivity contribution in [2.45, 2.75) is 64.0 Å². The van der Waals surface area contributed by atoms with Crippen molar-refractivity contribution in [2.24, 2.45) is 0 Å². The van der Waals surface area contributed by atoms with Crippen molar-refractivity contribution >= 4 is 17.5 Å². The molecule has 5 nitrogen and oxygen atoms in total. The van der Waals surface area contributed by atoms with Gasteiger partial charge in [0.15, 0.2) is 0 Å². The highest BCUT2D eigenvalue weighted by molar-refractivity contribution is 6.30. The van der Waals surface area contributed by atoms with Gasteiger partial charge in [-0.1, -0.05) is 31.4 Å². The molecule has 29 heavy (non-hydrogen) atoms. The second kappa shape index (κ2) is 11.1. The van der Waals surface area contributed by atoms with E-state index in [4.69, 9.17) is 21.1 Å². The summed E-state index contributed by atoms with van der Waals surface area (Å²) in [4.78, 5) is 16.7. The first-order valence-electron chi connectivity index (χ1n) is 10.5. The zero-order valence-corrected chi connectivity index (χ0v) is 17.7. The van der Waals surface area contributed by atoms with Crippen LogP contribution >= 0.6 is 11.6 Å². The van der Waals surface area contributed by atoms with Crippen LogP contribution in [0.1, 0.15) is 62.2 Å². The second-order valence-corrected chi connectivity index (χ2v) is 7.90. The molecule has 0 unspecified atom stereocenters. The van der Waals surface area contributed by atoms with Crippen molar-refractivity contribution in [1.82, 2.24) is 10.3 Å². The Labute approximate surface area is 177 Å². The molecule has 1 fully saturated rings. The van der Waals surface area contributed by atoms with E-state index < -0.39 is 0 Å². The molecule has 6 heteroatoms. The van der Waals surface area contributed by atoms with Crippen molar-refractivity contribution in [3.05, 3.63) is 53.2 Å². The lowest BCUT2D eigenvalue weighted by Gasteiger charge is -2.29. The predicted molar refractivity (Wildman–Crippen MR) is 115 cm³/mol. The Morgan fingerprint density at radius 3 is 2.52 bits per heavy atom. The van der Waals surface area contributed by atoms with Gasteiger partial charge in [-0.3, -0.25) is 4.79 Å². The monoisotopic (exact) mass is 416 g/mol. The van der Waals surface area contributed by atoms with Crippen LogP contribution in [0, 0.1) is 0 Å². The SMILES string of the molecule is CCCCCOc1ccc(C(=O)NC2CCC(Oc3ccc(Cl)cn3)CC2)cc1. The van der Waals surface area contributed by atoms with Gasteiger partial charge >= 0.3 is 0 Å². The summed E-state index contributed by atoms with van der Waals surface area (Å²) >= 11 is 5.85. The fourth-order valence-corrected chi connectivity index (χ4v) is 3.55. The standard InChI is InChI=1S/C23H29ClN2O3/c1-2-3-4-15-28-20-10-5-17(6-11-20)23(27)26-19-8-12-21(13-9-19)29-22-14-7-18(24)16-25-22/h5-7,10-11,14,16,19,21H,2-4,8-9,12-13,15H2,1H3,(H,26,27). The molecule has 156 valence electrons. The summed E-state index contributed by atoms with van der Waals surface area (Å²) in [5.74, 6) is 1.37. The van der Waals surface area contributed by atoms with Crippen LogP contribution < -0.4 is 14.8 Å². The lowest BCUT2D eigenvalue weighted by Crippen LogP contribution is -2.39. The number of hydrogen-bond acceptors (Lipinski definition) is 4. The summed E-state index contributed by atoms with van der Waals surface area (Å²) in [5.41, 5.74) is 0.662. The number of ether oxygens (including phenoxy) is 2. The molecule has 1 aromatic carbocycles. The zero-order valence-electron chi connectivity index (χ0n) is 16.9. The fraction of sp³-hybridized carbons (Fsp3) is 0.478. The molecule has 2 aromatic rings. The number of unbranched alkanes of at least 4 members (excludes halogenated alkanes) is 2. The molecule has 1 N–H and O–H groups in total. The van der Waals surface area contributed by atoms with Crippen molar-refractivity contribution in [3.8, 4) is 11.6 Å². The van der Waals surface area contributed by atoms with E-state index in [1.807, 2.05) is 24.3 Å². The van der Waals surface area contributed by atoms with Gasteiger partial charge in [0.1, 0.15) is 11.9 Å². The number of hydrogen-bond donors (Lipinski definition) is 1. The lowest BCUT2D eigenvalue weighted by molar-refractivity contribution is 0.0890. The van der Waals surface area contributed by atoms with Gasteiger partial charge in [0.05, 0.1) is 11.6 Å². The number of halogens is 1. The van der Waals surface area contributed by atoms with Gasteiger partial charge in [-0.05, 0) is 62.4 Å². The Hall–Kier alpha value is -2.27. The highest BCUT2D eigenvalue weighted by atomic mass is 35.5. The molecule has 1 amide bonds. The molecular formula is C23H29ClN2O3. The van der Waals surface area contributed by atoms with Crippen molar-refractivity contribution in [2.75, 3.05) is 6.61 Å². The number of pyridine rings is 1. The smallest absolute Gasteiger partial charge is 0.251 e. The third kappa shape index (κ3) is 6.93. The minimum Gasteiger partial charge on any atom is -0.494 e. The van der Waals surface area contributed by atoms with E-state index in [0.717, 1.165) is 44.5 Å². The molecule has 3 rings (SSSR count). The first-order chi connectivity index (χ1) is 14.1. The van der Waals surface area contributed by atoms with Crippen LogP contribution in [0.25, 0.3) is 0 Å². The molecule has 0 saturated heterocycles. The maximum absolute atomic E-state index is 12.5. The summed E-state index contributed by atoms with van der Waals surface area (Å²) in [6.45, 7) is 2.89. The maximum Gasteiger partial charge on any atom is 0.251 e. The molecule has 0 aliphatic heterocycles. The first-order valence-corrected chi connectivity index (χ1v) is 10.8. The van der Waals surface area contributed by atoms with E-state index in [1.165, 1.54) is 12.8 Å². The molecule has 0 bridgehead atoms. The molecule has 1 aliphatic rings. The minimum absolute atomic E-state index is 0.0359. The molecule has 0 spiro atoms. The Balaban J connectivity index is 1.40. The van der Waals surface area contributed by atoms with E-state index in [9.17, 15) is 4.79 Å². The predicted octanol–water partition coefficient (Wildman–Crippen LogP) is 5.42. The Kier molecular flexibility index (Phi) is 8.17. The van der Waals surface area contributed by atoms with Gasteiger partial charge in [0, 0.05) is 23.9 Å². The van der Waals surface area contributed by atoms with Crippen LogP contribution in [-0.2, 0) is 0 Å². The number of rotatable bonds is 9. The average molecular weight is 417 g/mol. The summed E-state index contributed by atoms with van der Waals surface area (Å²) < 4.78 is 11.6. The highest BCUT2D eigenvalue weighted by Gasteiger charge is 2.24. The van der Waals surface area contributed by atoms with Crippen molar-refractivity contribution < 1.29 is 14.3 Å². The van der Waals surface area contributed by atoms with E-state index in [-0.39, 0.29) is 18.1 Å². The zero-order chi connectivity index (χ0) is 20.5. The van der Waals surface area contributed by atoms with Crippen LogP contribution in [0.15, 0.2) is 42.6 Å². The summed E-state index contributed by atoms with van der Waals surface area (Å²) in [6, 6.07) is 11.1. The van der Waals surface area contributed by atoms with E-state index in [0.29, 0.717) is 16.5 Å². The normalized spacial score (nSPS) is 18.8. The van der Waals surface area contributed by atoms with Gasteiger partial charge in [-0.25, -0.2) is 4.98 Å². The van der Waals surface area contributed by atoms with Crippen LogP contribution in [-0.4, -0.2) is 29.6 Å². The third-order valence-corrected chi connectivity index (χ3v) is 5.35. The van der Waals surface area contributed by atoms with Crippen LogP contribution in [0.5, 0.6) is 11.6 Å². The van der Waals surface area contributed by atoms with Gasteiger partial charge in [0.2, 0.25) is 5.88 Å². The Morgan fingerprint density at radius 2 is 1.86 bits per heavy atom. The van der Waals surface area contributed by atoms with Crippen molar-refractivity contribution in [3.63, 3.8) is 0 Å². The Bertz CT molecular complexity index is 757. The van der Waals surface area contributed by atoms with Gasteiger partial charge in [-0.2, -0.15) is 0 Å². The molecule has 1 heterocycles. The number of carbonyl (C=O) groups is 1. The number of nitrogens with one attached hydrogen (secondary N) is 1. The van der Waals surface area contributed by atoms with Gasteiger partial charge in [-0.15, -0.1) is 0 Å². The van der Waals surface area contributed by atoms with Crippen molar-refractivity contribution in [1.29, 1.82) is 0 Å². The first kappa shape index (κ1) is 21.4. The number of carbonyl (C=O) groups excluding carboxylic acids is 1. The topological polar surface area (TPSA) is 60.5 Å². The van der Waals surface area contributed by atoms with Crippen LogP contribution in [0.4, 0.5) is 0 Å². The average Bonchev–Trinajstić information content (AvgIpc) is 2.75. The summed E-state index contributed by atoms with van der Waals surface area (Å²) in [7, 11) is 0. The largest absolute Gasteiger partial charge is 0.494 e. The minimum atomic E-state index is -0.0359. The van der Waals surface area contributed by atoms with E-state index in [1.54, 1.807) is 18.3 Å². The van der Waals surface area contributed by atoms with Crippen LogP contribution in [0.2, 0.25) is 5.02 Å². The Morgan fingerprint density at radius 1 is 1.10 bits per heavy atom. The molecule has 1 saturated carbocycles. The summed E-state index contributed by atoms with van der Waals surface area (Å²) in [6.07, 6.45) is 8.67. The maximum atomic E-state index is 12.5. The fourth-order valence-electron chi connectivity index (χ4n) is 3.44. The molecular weight excluding hydrogens is 388 g/mol. The number of amides is 1. The number of aromatic nitrogens is 1. The van der Waals surface area contributed by atoms with Gasteiger partial charge < -0.3 is 14.8 Å². The lowest BCUT2D eigenvalue weighted by atomic mass is 9.92. The molecule has 1 aromatic heterocycles. The van der Waals surface area contributed by atoms with Crippen LogP contribution in [0.3, 0.4) is 0 Å². The summed E-state index contributed by atoms with van der Waals surface area (Å²) in [5, 5.41) is 3.74. The molecule has 0 radical (unpaired) electrons. The van der Waals surface area contributed by atoms with E-state index in [2.05, 4.69) is 17.2 Å². The van der Waals surface area contributed by atoms with E-state index >= 15 is 0 Å². The van der Waals surface area contributed by atoms with Gasteiger partial charge in [0.25, 0.3) is 5.91 Å². The highest BCUT2D eigenvalue weighted by Crippen LogP contribution is 2.24. The number of nitrogens with zero attached hydrogens (tertiary/aromatic N) is 1. The molecule has 0 atom stereocenters.